The van der Waals surface area contributed by atoms with Gasteiger partial charge < -0.3 is 19.8 Å². The molecule has 3 unspecified atom stereocenters. The van der Waals surface area contributed by atoms with Gasteiger partial charge in [-0.15, -0.1) is 0 Å². The highest BCUT2D eigenvalue weighted by Gasteiger charge is 2.28. The first kappa shape index (κ1) is 70.2. The highest BCUT2D eigenvalue weighted by Crippen LogP contribution is 2.43. The molecule has 0 aliphatic carbocycles. The fourth-order valence-electron chi connectivity index (χ4n) is 8.16. The van der Waals surface area contributed by atoms with E-state index >= 15 is 0 Å². The molecule has 420 valence electrons. The minimum Gasteiger partial charge on any atom is -0.391 e. The summed E-state index contributed by atoms with van der Waals surface area (Å²) >= 11 is 0. The van der Waals surface area contributed by atoms with Crippen molar-refractivity contribution in [2.24, 2.45) is 0 Å². The van der Waals surface area contributed by atoms with Crippen LogP contribution in [0, 0.1) is 0 Å². The second kappa shape index (κ2) is 54.0. The molecular formula is C64H114N2O6P+. The first-order valence-corrected chi connectivity index (χ1v) is 31.2. The molecule has 0 saturated carbocycles. The normalized spacial score (nSPS) is 14.7. The second-order valence-electron chi connectivity index (χ2n) is 21.0. The SMILES string of the molecule is CC/C=C\C/C=C\C/C=C\C/C=C\C/C=C\C/C=C\C/C=C\C/C=C\C/C=C\CCCCCCCCCCCCCC(=O)NC(COP(=O)(O)OCC[N+](C)(C)C)C(O)CCCCCCCCCCCCCC. The van der Waals surface area contributed by atoms with Gasteiger partial charge in [-0.05, 0) is 83.5 Å². The van der Waals surface area contributed by atoms with Gasteiger partial charge in [-0.3, -0.25) is 13.8 Å². The second-order valence-corrected chi connectivity index (χ2v) is 22.4. The first-order chi connectivity index (χ1) is 35.5. The number of carbonyl (C=O) groups excluding carboxylic acids is 1. The molecular weight excluding hydrogens is 924 g/mol. The molecule has 3 N–H and O–H groups in total. The molecule has 0 aromatic heterocycles. The zero-order valence-corrected chi connectivity index (χ0v) is 48.7. The van der Waals surface area contributed by atoms with Crippen LogP contribution in [0.2, 0.25) is 0 Å². The fourth-order valence-corrected chi connectivity index (χ4v) is 8.89. The summed E-state index contributed by atoms with van der Waals surface area (Å²) in [6.45, 7) is 4.76. The lowest BCUT2D eigenvalue weighted by molar-refractivity contribution is -0.870. The third-order valence-corrected chi connectivity index (χ3v) is 13.8. The summed E-state index contributed by atoms with van der Waals surface area (Å²) in [4.78, 5) is 23.3. The summed E-state index contributed by atoms with van der Waals surface area (Å²) in [6, 6.07) is -0.767. The molecule has 0 spiro atoms. The topological polar surface area (TPSA) is 105 Å². The Balaban J connectivity index is 4.03. The van der Waals surface area contributed by atoms with Crippen molar-refractivity contribution in [3.8, 4) is 0 Å². The average Bonchev–Trinajstić information content (AvgIpc) is 3.35. The number of unbranched alkanes of at least 4 members (excludes halogenated alkanes) is 22. The number of amides is 1. The van der Waals surface area contributed by atoms with Gasteiger partial charge in [-0.2, -0.15) is 0 Å². The summed E-state index contributed by atoms with van der Waals surface area (Å²) in [6.07, 6.45) is 78.7. The van der Waals surface area contributed by atoms with Crippen LogP contribution in [-0.2, 0) is 18.4 Å². The quantitative estimate of drug-likeness (QED) is 0.0243. The Kier molecular flexibility index (Phi) is 51.9. The van der Waals surface area contributed by atoms with Crippen LogP contribution in [0.1, 0.15) is 239 Å². The molecule has 0 aromatic carbocycles. The number of phosphoric ester groups is 1. The monoisotopic (exact) mass is 1040 g/mol. The number of rotatable bonds is 53. The van der Waals surface area contributed by atoms with E-state index in [-0.39, 0.29) is 19.1 Å². The maximum absolute atomic E-state index is 13.0. The van der Waals surface area contributed by atoms with E-state index in [2.05, 4.69) is 129 Å². The number of carbonyl (C=O) groups is 1. The van der Waals surface area contributed by atoms with E-state index in [1.165, 1.54) is 116 Å². The number of hydrogen-bond acceptors (Lipinski definition) is 5. The van der Waals surface area contributed by atoms with E-state index in [4.69, 9.17) is 9.05 Å². The predicted molar refractivity (Wildman–Crippen MR) is 318 cm³/mol. The van der Waals surface area contributed by atoms with Crippen molar-refractivity contribution >= 4 is 13.7 Å². The number of hydrogen-bond donors (Lipinski definition) is 3. The molecule has 1 amide bonds. The van der Waals surface area contributed by atoms with Gasteiger partial charge in [0.2, 0.25) is 5.91 Å². The van der Waals surface area contributed by atoms with E-state index in [1.54, 1.807) is 0 Å². The van der Waals surface area contributed by atoms with Crippen LogP contribution in [0.3, 0.4) is 0 Å². The molecule has 73 heavy (non-hydrogen) atoms. The lowest BCUT2D eigenvalue weighted by atomic mass is 10.0. The third kappa shape index (κ3) is 56.7. The van der Waals surface area contributed by atoms with Gasteiger partial charge in [0.15, 0.2) is 0 Å². The lowest BCUT2D eigenvalue weighted by Gasteiger charge is -2.26. The predicted octanol–water partition coefficient (Wildman–Crippen LogP) is 18.4. The molecule has 3 atom stereocenters. The molecule has 0 aromatic rings. The van der Waals surface area contributed by atoms with Gasteiger partial charge in [0.25, 0.3) is 0 Å². The van der Waals surface area contributed by atoms with Crippen LogP contribution in [0.4, 0.5) is 0 Å². The largest absolute Gasteiger partial charge is 0.472 e. The summed E-state index contributed by atoms with van der Waals surface area (Å²) in [5.41, 5.74) is 0. The first-order valence-electron chi connectivity index (χ1n) is 29.8. The Morgan fingerprint density at radius 1 is 0.479 bits per heavy atom. The summed E-state index contributed by atoms with van der Waals surface area (Å²) in [5.74, 6) is -0.152. The molecule has 0 aliphatic heterocycles. The van der Waals surface area contributed by atoms with Crippen LogP contribution in [0.15, 0.2) is 109 Å². The molecule has 0 radical (unpaired) electrons. The highest BCUT2D eigenvalue weighted by molar-refractivity contribution is 7.47. The van der Waals surface area contributed by atoms with Gasteiger partial charge in [0, 0.05) is 6.42 Å². The van der Waals surface area contributed by atoms with Crippen LogP contribution in [0.25, 0.3) is 0 Å². The zero-order chi connectivity index (χ0) is 53.5. The summed E-state index contributed by atoms with van der Waals surface area (Å²) in [5, 5.41) is 14.0. The van der Waals surface area contributed by atoms with Gasteiger partial charge in [0.05, 0.1) is 39.9 Å². The minimum atomic E-state index is -4.32. The van der Waals surface area contributed by atoms with Gasteiger partial charge in [-0.25, -0.2) is 4.57 Å². The summed E-state index contributed by atoms with van der Waals surface area (Å²) < 4.78 is 23.7. The Bertz CT molecular complexity index is 1550. The Labute approximate surface area is 451 Å². The van der Waals surface area contributed by atoms with Crippen LogP contribution < -0.4 is 5.32 Å². The van der Waals surface area contributed by atoms with Crippen LogP contribution >= 0.6 is 7.82 Å². The standard InChI is InChI=1S/C64H113N2O6P/c1-6-8-10-12-14-16-18-20-21-22-23-24-25-26-27-28-29-30-31-32-33-34-35-36-37-38-39-40-41-42-43-44-45-46-48-50-52-54-56-58-64(68)65-62(61-72-73(69,70)71-60-59-66(3,4)5)63(67)57-55-53-51-49-47-19-17-15-13-11-9-7-2/h8,10,14,16,20-21,23-24,26-27,29-30,32-33,35-36,38-39,62-63,67H,6-7,9,11-13,15,17-19,22,25,28,31,34,37,40-61H2,1-5H3,(H-,65,68,69,70)/p+1/b10-8-,16-14-,21-20-,24-23-,27-26-,30-29-,33-32-,36-35-,39-38-. The lowest BCUT2D eigenvalue weighted by Crippen LogP contribution is -2.46. The van der Waals surface area contributed by atoms with Crippen molar-refractivity contribution in [2.75, 3.05) is 40.9 Å². The Morgan fingerprint density at radius 3 is 1.21 bits per heavy atom. The highest BCUT2D eigenvalue weighted by atomic mass is 31.2. The molecule has 0 heterocycles. The number of aliphatic hydroxyl groups excluding tert-OH is 1. The number of quaternary nitrogens is 1. The molecule has 0 bridgehead atoms. The Morgan fingerprint density at radius 2 is 0.822 bits per heavy atom. The fraction of sp³-hybridized carbons (Fsp3) is 0.703. The smallest absolute Gasteiger partial charge is 0.391 e. The average molecular weight is 1040 g/mol. The molecule has 0 aliphatic rings. The van der Waals surface area contributed by atoms with Crippen molar-refractivity contribution in [3.63, 3.8) is 0 Å². The minimum absolute atomic E-state index is 0.0700. The third-order valence-electron chi connectivity index (χ3n) is 12.8. The van der Waals surface area contributed by atoms with E-state index in [9.17, 15) is 19.4 Å². The molecule has 0 saturated heterocycles. The maximum Gasteiger partial charge on any atom is 0.472 e. The Hall–Kier alpha value is -2.84. The summed E-state index contributed by atoms with van der Waals surface area (Å²) in [7, 11) is 1.60. The van der Waals surface area contributed by atoms with Crippen molar-refractivity contribution in [3.05, 3.63) is 109 Å². The number of allylic oxidation sites excluding steroid dienone is 18. The van der Waals surface area contributed by atoms with Crippen molar-refractivity contribution in [2.45, 2.75) is 251 Å². The number of likely N-dealkylation sites (N-methyl/N-ethyl adjacent to an activating group) is 1. The molecule has 0 rings (SSSR count). The van der Waals surface area contributed by atoms with E-state index in [0.29, 0.717) is 23.9 Å². The number of phosphoric acid groups is 1. The van der Waals surface area contributed by atoms with E-state index in [1.807, 2.05) is 21.1 Å². The van der Waals surface area contributed by atoms with Crippen molar-refractivity contribution < 1.29 is 32.9 Å². The van der Waals surface area contributed by atoms with Crippen molar-refractivity contribution in [1.29, 1.82) is 0 Å². The van der Waals surface area contributed by atoms with Crippen molar-refractivity contribution in [1.82, 2.24) is 5.32 Å². The molecule has 9 heteroatoms. The van der Waals surface area contributed by atoms with E-state index in [0.717, 1.165) is 96.3 Å². The van der Waals surface area contributed by atoms with E-state index < -0.39 is 20.0 Å². The molecule has 8 nitrogen and oxygen atoms in total. The van der Waals surface area contributed by atoms with Gasteiger partial charge in [0.1, 0.15) is 13.2 Å². The van der Waals surface area contributed by atoms with Crippen LogP contribution in [-0.4, -0.2) is 73.4 Å². The molecule has 0 fully saturated rings. The number of nitrogens with zero attached hydrogens (tertiary/aromatic N) is 1. The number of nitrogens with one attached hydrogen (secondary N) is 1. The van der Waals surface area contributed by atoms with Gasteiger partial charge in [-0.1, -0.05) is 258 Å². The zero-order valence-electron chi connectivity index (χ0n) is 47.8. The van der Waals surface area contributed by atoms with Gasteiger partial charge >= 0.3 is 7.82 Å². The number of aliphatic hydroxyl groups is 1. The maximum atomic E-state index is 13.0. The van der Waals surface area contributed by atoms with Crippen LogP contribution in [0.5, 0.6) is 0 Å².